The van der Waals surface area contributed by atoms with E-state index in [-0.39, 0.29) is 0 Å². The van der Waals surface area contributed by atoms with Gasteiger partial charge in [0.1, 0.15) is 17.3 Å². The van der Waals surface area contributed by atoms with Crippen molar-refractivity contribution in [2.45, 2.75) is 32.0 Å². The van der Waals surface area contributed by atoms with Crippen LogP contribution in [0.5, 0.6) is 5.75 Å². The van der Waals surface area contributed by atoms with Crippen molar-refractivity contribution in [3.05, 3.63) is 30.3 Å². The van der Waals surface area contributed by atoms with Crippen molar-refractivity contribution in [2.24, 2.45) is 0 Å². The maximum atomic E-state index is 10.7. The smallest absolute Gasteiger partial charge is 0.495 e. The number of rotatable bonds is 3. The van der Waals surface area contributed by atoms with Gasteiger partial charge >= 0.3 is 7.12 Å². The number of hydrogen-bond acceptors (Lipinski definition) is 4. The Kier molecular flexibility index (Phi) is 3.55. The van der Waals surface area contributed by atoms with Gasteiger partial charge in [0.05, 0.1) is 12.7 Å². The van der Waals surface area contributed by atoms with Gasteiger partial charge in [0.25, 0.3) is 0 Å². The summed E-state index contributed by atoms with van der Waals surface area (Å²) in [5.41, 5.74) is -0.559. The van der Waals surface area contributed by atoms with Gasteiger partial charge in [-0.05, 0) is 38.4 Å². The van der Waals surface area contributed by atoms with Crippen LogP contribution in [-0.2, 0) is 14.1 Å². The number of benzene rings is 1. The van der Waals surface area contributed by atoms with Crippen LogP contribution in [0.4, 0.5) is 0 Å². The van der Waals surface area contributed by atoms with E-state index in [1.54, 1.807) is 13.1 Å². The molecule has 1 heterocycles. The highest BCUT2D eigenvalue weighted by molar-refractivity contribution is 6.62. The van der Waals surface area contributed by atoms with E-state index in [1.165, 1.54) is 6.08 Å². The normalized spacial score (nSPS) is 24.9. The minimum Gasteiger partial charge on any atom is -0.497 e. The van der Waals surface area contributed by atoms with Crippen molar-refractivity contribution in [1.29, 1.82) is 0 Å². The van der Waals surface area contributed by atoms with Gasteiger partial charge in [-0.1, -0.05) is 12.1 Å². The molecule has 1 atom stereocenters. The Hall–Kier alpha value is -1.55. The van der Waals surface area contributed by atoms with Gasteiger partial charge in [0.2, 0.25) is 0 Å². The molecule has 19 heavy (non-hydrogen) atoms. The number of carbonyl (C=O) groups excluding carboxylic acids is 1. The first-order chi connectivity index (χ1) is 8.92. The molecule has 1 aromatic rings. The molecule has 0 amide bonds. The molecule has 0 spiro atoms. The topological polar surface area (TPSA) is 44.8 Å². The molecule has 100 valence electrons. The second-order valence-corrected chi connectivity index (χ2v) is 5.22. The molecule has 2 rings (SSSR count). The molecule has 0 bridgehead atoms. The van der Waals surface area contributed by atoms with E-state index >= 15 is 0 Å². The highest BCUT2D eigenvalue weighted by Gasteiger charge is 2.53. The molecule has 0 N–H and O–H groups in total. The third-order valence-electron chi connectivity index (χ3n) is 3.65. The summed E-state index contributed by atoms with van der Waals surface area (Å²) in [4.78, 5) is 10.7. The number of ether oxygens (including phenoxy) is 1. The molecule has 1 unspecified atom stereocenters. The molecule has 0 saturated carbocycles. The first kappa shape index (κ1) is 13.9. The van der Waals surface area contributed by atoms with Crippen LogP contribution < -0.4 is 10.2 Å². The highest BCUT2D eigenvalue weighted by Crippen LogP contribution is 2.37. The van der Waals surface area contributed by atoms with Crippen LogP contribution >= 0.6 is 0 Å². The predicted octanol–water partition coefficient (Wildman–Crippen LogP) is 1.36. The zero-order valence-corrected chi connectivity index (χ0v) is 11.6. The van der Waals surface area contributed by atoms with Crippen molar-refractivity contribution in [2.75, 3.05) is 7.11 Å². The van der Waals surface area contributed by atoms with Crippen LogP contribution in [0.3, 0.4) is 0 Å². The van der Waals surface area contributed by atoms with Gasteiger partial charge < -0.3 is 14.0 Å². The Bertz CT molecular complexity index is 522. The maximum absolute atomic E-state index is 10.7. The van der Waals surface area contributed by atoms with Crippen molar-refractivity contribution in [3.8, 4) is 5.75 Å². The van der Waals surface area contributed by atoms with E-state index in [9.17, 15) is 4.79 Å². The molecule has 1 aromatic carbocycles. The summed E-state index contributed by atoms with van der Waals surface area (Å²) in [5.74, 6) is 2.53. The van der Waals surface area contributed by atoms with Gasteiger partial charge in [-0.25, -0.2) is 4.79 Å². The van der Waals surface area contributed by atoms with Gasteiger partial charge in [0.15, 0.2) is 0 Å². The minimum absolute atomic E-state index is 0.528. The molecular weight excluding hydrogens is 243 g/mol. The molecule has 1 fully saturated rings. The standard InChI is InChI=1S/C14H17BO4/c1-13(2)14(3,8-9-16)19-15(18-13)11-6-5-7-12(10-11)17-4/h5-8,10H,1-4H3. The molecule has 0 aromatic heterocycles. The third-order valence-corrected chi connectivity index (χ3v) is 3.65. The average Bonchev–Trinajstić information content (AvgIpc) is 2.61. The molecule has 1 saturated heterocycles. The van der Waals surface area contributed by atoms with Gasteiger partial charge in [-0.2, -0.15) is 0 Å². The largest absolute Gasteiger partial charge is 0.497 e. The van der Waals surface area contributed by atoms with Crippen LogP contribution in [0.1, 0.15) is 20.8 Å². The van der Waals surface area contributed by atoms with E-state index in [4.69, 9.17) is 14.0 Å². The minimum atomic E-state index is -0.803. The monoisotopic (exact) mass is 260 g/mol. The molecule has 1 aliphatic rings. The molecule has 0 radical (unpaired) electrons. The van der Waals surface area contributed by atoms with Crippen LogP contribution in [0.2, 0.25) is 0 Å². The van der Waals surface area contributed by atoms with Gasteiger partial charge in [-0.15, -0.1) is 0 Å². The van der Waals surface area contributed by atoms with E-state index in [0.717, 1.165) is 11.2 Å². The lowest BCUT2D eigenvalue weighted by molar-refractivity contribution is 0.0292. The second-order valence-electron chi connectivity index (χ2n) is 5.22. The third kappa shape index (κ3) is 2.45. The lowest BCUT2D eigenvalue weighted by atomic mass is 9.79. The first-order valence-electron chi connectivity index (χ1n) is 6.13. The van der Waals surface area contributed by atoms with Crippen LogP contribution in [0.25, 0.3) is 0 Å². The Morgan fingerprint density at radius 1 is 1.32 bits per heavy atom. The SMILES string of the molecule is COc1cccc(B2OC(C)(C)C(C)(C=C=O)O2)c1. The van der Waals surface area contributed by atoms with Gasteiger partial charge in [-0.3, -0.25) is 0 Å². The molecule has 1 aliphatic heterocycles. The van der Waals surface area contributed by atoms with Crippen LogP contribution in [0.15, 0.2) is 30.3 Å². The number of methoxy groups -OCH3 is 1. The summed E-state index contributed by atoms with van der Waals surface area (Å²) < 4.78 is 17.0. The fourth-order valence-corrected chi connectivity index (χ4v) is 2.02. The van der Waals surface area contributed by atoms with Gasteiger partial charge in [0, 0.05) is 6.08 Å². The molecule has 5 heteroatoms. The molecule has 4 nitrogen and oxygen atoms in total. The zero-order chi connectivity index (χ0) is 14.1. The van der Waals surface area contributed by atoms with Crippen molar-refractivity contribution < 1.29 is 18.8 Å². The summed E-state index contributed by atoms with van der Waals surface area (Å²) in [6.07, 6.45) is 1.37. The van der Waals surface area contributed by atoms with E-state index in [2.05, 4.69) is 0 Å². The Morgan fingerprint density at radius 2 is 2.05 bits per heavy atom. The van der Waals surface area contributed by atoms with E-state index < -0.39 is 18.3 Å². The summed E-state index contributed by atoms with van der Waals surface area (Å²) in [5, 5.41) is 0. The summed E-state index contributed by atoms with van der Waals surface area (Å²) >= 11 is 0. The Balaban J connectivity index is 2.32. The predicted molar refractivity (Wildman–Crippen MR) is 73.3 cm³/mol. The fraction of sp³-hybridized carbons (Fsp3) is 0.429. The van der Waals surface area contributed by atoms with Crippen molar-refractivity contribution in [1.82, 2.24) is 0 Å². The molecule has 0 aliphatic carbocycles. The summed E-state index contributed by atoms with van der Waals surface area (Å²) in [6.45, 7) is 5.60. The lowest BCUT2D eigenvalue weighted by Crippen LogP contribution is -2.43. The van der Waals surface area contributed by atoms with Crippen molar-refractivity contribution >= 4 is 18.5 Å². The number of hydrogen-bond donors (Lipinski definition) is 0. The van der Waals surface area contributed by atoms with E-state index in [0.29, 0.717) is 0 Å². The summed E-state index contributed by atoms with van der Waals surface area (Å²) in [6, 6.07) is 7.49. The first-order valence-corrected chi connectivity index (χ1v) is 6.13. The maximum Gasteiger partial charge on any atom is 0.495 e. The zero-order valence-electron chi connectivity index (χ0n) is 11.6. The van der Waals surface area contributed by atoms with Crippen molar-refractivity contribution in [3.63, 3.8) is 0 Å². The lowest BCUT2D eigenvalue weighted by Gasteiger charge is -2.32. The van der Waals surface area contributed by atoms with Crippen LogP contribution in [-0.4, -0.2) is 31.4 Å². The van der Waals surface area contributed by atoms with E-state index in [1.807, 2.05) is 45.0 Å². The van der Waals surface area contributed by atoms with Crippen LogP contribution in [0, 0.1) is 0 Å². The highest BCUT2D eigenvalue weighted by atomic mass is 16.7. The molecular formula is C14H17BO4. The Morgan fingerprint density at radius 3 is 2.68 bits per heavy atom. The second kappa shape index (κ2) is 4.85. The Labute approximate surface area is 113 Å². The summed E-state index contributed by atoms with van der Waals surface area (Å²) in [7, 11) is 1.08. The fourth-order valence-electron chi connectivity index (χ4n) is 2.02. The average molecular weight is 260 g/mol. The quantitative estimate of drug-likeness (QED) is 0.608.